The molecule has 1 unspecified atom stereocenters. The number of nitrogens with one attached hydrogen (secondary N) is 1. The van der Waals surface area contributed by atoms with Gasteiger partial charge in [0.2, 0.25) is 0 Å². The van der Waals surface area contributed by atoms with Gasteiger partial charge in [-0.2, -0.15) is 15.4 Å². The monoisotopic (exact) mass is 322 g/mol. The van der Waals surface area contributed by atoms with Gasteiger partial charge in [-0.15, -0.1) is 0 Å². The van der Waals surface area contributed by atoms with Crippen LogP contribution >= 0.6 is 11.6 Å². The maximum Gasteiger partial charge on any atom is 0.257 e. The maximum atomic E-state index is 12.7. The van der Waals surface area contributed by atoms with E-state index in [-0.39, 0.29) is 12.5 Å². The lowest BCUT2D eigenvalue weighted by Gasteiger charge is -2.21. The number of ether oxygens (including phenoxy) is 1. The molecule has 1 aromatic heterocycles. The van der Waals surface area contributed by atoms with Gasteiger partial charge in [0.15, 0.2) is 0 Å². The van der Waals surface area contributed by atoms with E-state index in [1.54, 1.807) is 23.1 Å². The molecular weight excluding hydrogens is 308 g/mol. The average Bonchev–Trinajstić information content (AvgIpc) is 3.17. The Morgan fingerprint density at radius 3 is 3.05 bits per heavy atom. The Morgan fingerprint density at radius 1 is 1.55 bits per heavy atom. The molecule has 7 nitrogen and oxygen atoms in total. The number of aromatic nitrogens is 3. The quantitative estimate of drug-likeness (QED) is 0.886. The first kappa shape index (κ1) is 14.8. The first-order valence-electron chi connectivity index (χ1n) is 6.75. The first-order valence-corrected chi connectivity index (χ1v) is 7.13. The van der Waals surface area contributed by atoms with Gasteiger partial charge in [-0.3, -0.25) is 4.79 Å². The Morgan fingerprint density at radius 2 is 2.36 bits per heavy atom. The van der Waals surface area contributed by atoms with Crippen LogP contribution in [-0.2, 0) is 5.60 Å². The van der Waals surface area contributed by atoms with E-state index in [2.05, 4.69) is 15.4 Å². The number of benzene rings is 1. The Bertz CT molecular complexity index is 691. The fourth-order valence-corrected chi connectivity index (χ4v) is 2.79. The highest BCUT2D eigenvalue weighted by atomic mass is 35.5. The van der Waals surface area contributed by atoms with Gasteiger partial charge in [0.1, 0.15) is 17.0 Å². The number of carbonyl (C=O) groups is 1. The molecule has 1 saturated heterocycles. The number of methoxy groups -OCH3 is 1. The van der Waals surface area contributed by atoms with Crippen LogP contribution < -0.4 is 4.74 Å². The molecule has 1 aliphatic rings. The molecule has 0 radical (unpaired) electrons. The molecule has 2 N–H and O–H groups in total. The minimum absolute atomic E-state index is 0.147. The van der Waals surface area contributed by atoms with Crippen LogP contribution in [0.4, 0.5) is 0 Å². The van der Waals surface area contributed by atoms with E-state index < -0.39 is 5.60 Å². The Labute approximate surface area is 131 Å². The van der Waals surface area contributed by atoms with E-state index in [1.807, 2.05) is 0 Å². The highest BCUT2D eigenvalue weighted by Crippen LogP contribution is 2.32. The Kier molecular flexibility index (Phi) is 3.76. The number of aromatic amines is 1. The van der Waals surface area contributed by atoms with Crippen molar-refractivity contribution in [3.63, 3.8) is 0 Å². The van der Waals surface area contributed by atoms with E-state index in [4.69, 9.17) is 16.3 Å². The molecule has 22 heavy (non-hydrogen) atoms. The van der Waals surface area contributed by atoms with E-state index in [9.17, 15) is 9.90 Å². The fraction of sp³-hybridized carbons (Fsp3) is 0.357. The summed E-state index contributed by atoms with van der Waals surface area (Å²) >= 11 is 5.96. The number of rotatable bonds is 3. The van der Waals surface area contributed by atoms with E-state index >= 15 is 0 Å². The van der Waals surface area contributed by atoms with Gasteiger partial charge < -0.3 is 14.7 Å². The maximum absolute atomic E-state index is 12.7. The lowest BCUT2D eigenvalue weighted by molar-refractivity contribution is 0.0381. The number of nitrogens with zero attached hydrogens (tertiary/aromatic N) is 3. The molecule has 0 aliphatic carbocycles. The summed E-state index contributed by atoms with van der Waals surface area (Å²) in [4.78, 5) is 14.2. The minimum Gasteiger partial charge on any atom is -0.496 e. The average molecular weight is 323 g/mol. The number of halogens is 1. The lowest BCUT2D eigenvalue weighted by Crippen LogP contribution is -2.34. The van der Waals surface area contributed by atoms with Crippen LogP contribution in [0.25, 0.3) is 0 Å². The summed E-state index contributed by atoms with van der Waals surface area (Å²) in [6, 6.07) is 4.87. The van der Waals surface area contributed by atoms with Gasteiger partial charge in [-0.1, -0.05) is 11.6 Å². The van der Waals surface area contributed by atoms with Crippen LogP contribution in [0.3, 0.4) is 0 Å². The standard InChI is InChI=1S/C14H15ClN4O3/c1-22-11-3-2-9(15)6-10(11)13(20)19-5-4-14(21,8-19)12-7-16-18-17-12/h2-3,6-7,21H,4-5,8H2,1H3,(H,16,17,18). The van der Waals surface area contributed by atoms with Gasteiger partial charge in [-0.05, 0) is 18.2 Å². The van der Waals surface area contributed by atoms with Crippen LogP contribution in [0.2, 0.25) is 5.02 Å². The highest BCUT2D eigenvalue weighted by Gasteiger charge is 2.42. The van der Waals surface area contributed by atoms with Crippen LogP contribution in [0, 0.1) is 0 Å². The fourth-order valence-electron chi connectivity index (χ4n) is 2.62. The summed E-state index contributed by atoms with van der Waals surface area (Å²) in [6.07, 6.45) is 1.86. The first-order chi connectivity index (χ1) is 10.5. The zero-order valence-electron chi connectivity index (χ0n) is 11.9. The molecule has 1 fully saturated rings. The molecule has 1 atom stereocenters. The van der Waals surface area contributed by atoms with Gasteiger partial charge in [-0.25, -0.2) is 0 Å². The minimum atomic E-state index is -1.19. The topological polar surface area (TPSA) is 91.3 Å². The van der Waals surface area contributed by atoms with Gasteiger partial charge in [0, 0.05) is 18.0 Å². The molecule has 0 saturated carbocycles. The van der Waals surface area contributed by atoms with Crippen molar-refractivity contribution in [2.45, 2.75) is 12.0 Å². The molecule has 116 valence electrons. The Hall–Kier alpha value is -2.12. The molecule has 1 amide bonds. The highest BCUT2D eigenvalue weighted by molar-refractivity contribution is 6.31. The van der Waals surface area contributed by atoms with E-state index in [1.165, 1.54) is 13.3 Å². The Balaban J connectivity index is 1.84. The second-order valence-electron chi connectivity index (χ2n) is 5.21. The van der Waals surface area contributed by atoms with Gasteiger partial charge in [0.05, 0.1) is 25.4 Å². The second-order valence-corrected chi connectivity index (χ2v) is 5.64. The van der Waals surface area contributed by atoms with E-state index in [0.717, 1.165) is 0 Å². The van der Waals surface area contributed by atoms with Crippen LogP contribution in [0.5, 0.6) is 5.75 Å². The summed E-state index contributed by atoms with van der Waals surface area (Å²) in [6.45, 7) is 0.561. The summed E-state index contributed by atoms with van der Waals surface area (Å²) in [5, 5.41) is 21.2. The van der Waals surface area contributed by atoms with Crippen LogP contribution in [-0.4, -0.2) is 51.5 Å². The third kappa shape index (κ3) is 2.53. The van der Waals surface area contributed by atoms with Gasteiger partial charge in [0.25, 0.3) is 5.91 Å². The normalized spacial score (nSPS) is 21.1. The van der Waals surface area contributed by atoms with Crippen molar-refractivity contribution in [2.24, 2.45) is 0 Å². The van der Waals surface area contributed by atoms with Crippen molar-refractivity contribution in [2.75, 3.05) is 20.2 Å². The molecule has 1 aliphatic heterocycles. The molecule has 0 spiro atoms. The van der Waals surface area contributed by atoms with Crippen molar-refractivity contribution >= 4 is 17.5 Å². The number of aliphatic hydroxyl groups is 1. The summed E-state index contributed by atoms with van der Waals surface area (Å²) < 4.78 is 5.21. The summed E-state index contributed by atoms with van der Waals surface area (Å²) in [5.41, 5.74) is -0.380. The van der Waals surface area contributed by atoms with Crippen molar-refractivity contribution in [1.82, 2.24) is 20.3 Å². The van der Waals surface area contributed by atoms with Crippen molar-refractivity contribution in [1.29, 1.82) is 0 Å². The van der Waals surface area contributed by atoms with Crippen molar-refractivity contribution in [3.8, 4) is 5.75 Å². The summed E-state index contributed by atoms with van der Waals surface area (Å²) in [7, 11) is 1.50. The second kappa shape index (κ2) is 5.58. The predicted octanol–water partition coefficient (Wildman–Crippen LogP) is 1.20. The number of β-amino-alcohol motifs (C(OH)–C–C–N with tert-alkyl or cyclic N) is 1. The third-order valence-electron chi connectivity index (χ3n) is 3.82. The third-order valence-corrected chi connectivity index (χ3v) is 4.05. The molecule has 2 aromatic rings. The number of likely N-dealkylation sites (tertiary alicyclic amines) is 1. The predicted molar refractivity (Wildman–Crippen MR) is 78.8 cm³/mol. The molecular formula is C14H15ClN4O3. The number of H-pyrrole nitrogens is 1. The molecule has 0 bridgehead atoms. The smallest absolute Gasteiger partial charge is 0.257 e. The summed E-state index contributed by atoms with van der Waals surface area (Å²) in [5.74, 6) is 0.213. The van der Waals surface area contributed by atoms with Crippen molar-refractivity contribution < 1.29 is 14.6 Å². The van der Waals surface area contributed by atoms with E-state index in [0.29, 0.717) is 35.0 Å². The lowest BCUT2D eigenvalue weighted by atomic mass is 10.00. The molecule has 2 heterocycles. The van der Waals surface area contributed by atoms with Crippen molar-refractivity contribution in [3.05, 3.63) is 40.7 Å². The number of amides is 1. The SMILES string of the molecule is COc1ccc(Cl)cc1C(=O)N1CCC(O)(c2cn[nH]n2)C1. The molecule has 3 rings (SSSR count). The molecule has 8 heteroatoms. The number of hydrogen-bond acceptors (Lipinski definition) is 5. The number of carbonyl (C=O) groups excluding carboxylic acids is 1. The zero-order chi connectivity index (χ0) is 15.7. The largest absolute Gasteiger partial charge is 0.496 e. The molecule has 1 aromatic carbocycles. The van der Waals surface area contributed by atoms with Crippen LogP contribution in [0.15, 0.2) is 24.4 Å². The van der Waals surface area contributed by atoms with Crippen LogP contribution in [0.1, 0.15) is 22.5 Å². The number of hydrogen-bond donors (Lipinski definition) is 2. The van der Waals surface area contributed by atoms with Gasteiger partial charge >= 0.3 is 0 Å². The zero-order valence-corrected chi connectivity index (χ0v) is 12.7.